The number of hydrogen-bond acceptors (Lipinski definition) is 4. The first kappa shape index (κ1) is 12.0. The number of hydrogen-bond donors (Lipinski definition) is 1. The lowest BCUT2D eigenvalue weighted by atomic mass is 10.3. The van der Waals surface area contributed by atoms with Gasteiger partial charge < -0.3 is 5.32 Å². The summed E-state index contributed by atoms with van der Waals surface area (Å²) in [7, 11) is 0. The Morgan fingerprint density at radius 3 is 2.88 bits per heavy atom. The maximum absolute atomic E-state index is 5.85. The van der Waals surface area contributed by atoms with Crippen molar-refractivity contribution < 1.29 is 0 Å². The summed E-state index contributed by atoms with van der Waals surface area (Å²) >= 11 is 9.25. The molecule has 86 valence electrons. The average Bonchev–Trinajstić information content (AvgIpc) is 2.83. The zero-order valence-corrected chi connectivity index (χ0v) is 11.4. The zero-order chi connectivity index (χ0) is 11.4. The minimum absolute atomic E-state index is 0.830. The summed E-state index contributed by atoms with van der Waals surface area (Å²) in [6.07, 6.45) is 0.990. The van der Waals surface area contributed by atoms with E-state index < -0.39 is 0 Å². The Hall–Kier alpha value is -0.420. The van der Waals surface area contributed by atoms with Gasteiger partial charge in [0.2, 0.25) is 0 Å². The summed E-state index contributed by atoms with van der Waals surface area (Å²) in [5.41, 5.74) is 1.18. The Morgan fingerprint density at radius 1 is 1.38 bits per heavy atom. The fraction of sp³-hybridized carbons (Fsp3) is 0.364. The first-order valence-electron chi connectivity index (χ1n) is 5.08. The molecule has 2 rings (SSSR count). The SMILES string of the molecule is Cc1nc(CCNCc2cc(Cl)cs2)cs1. The van der Waals surface area contributed by atoms with E-state index in [9.17, 15) is 0 Å². The first-order valence-corrected chi connectivity index (χ1v) is 7.22. The molecule has 2 aromatic rings. The van der Waals surface area contributed by atoms with Gasteiger partial charge in [-0.2, -0.15) is 0 Å². The van der Waals surface area contributed by atoms with Gasteiger partial charge in [-0.1, -0.05) is 11.6 Å². The van der Waals surface area contributed by atoms with Crippen molar-refractivity contribution in [3.8, 4) is 0 Å². The van der Waals surface area contributed by atoms with Gasteiger partial charge in [-0.25, -0.2) is 4.98 Å². The zero-order valence-electron chi connectivity index (χ0n) is 9.00. The molecule has 2 nitrogen and oxygen atoms in total. The molecule has 5 heteroatoms. The van der Waals surface area contributed by atoms with Crippen LogP contribution in [0.1, 0.15) is 15.6 Å². The smallest absolute Gasteiger partial charge is 0.0897 e. The maximum atomic E-state index is 5.85. The third-order valence-corrected chi connectivity index (χ3v) is 4.25. The number of halogens is 1. The molecule has 2 heterocycles. The van der Waals surface area contributed by atoms with Gasteiger partial charge in [0.25, 0.3) is 0 Å². The van der Waals surface area contributed by atoms with Gasteiger partial charge >= 0.3 is 0 Å². The number of thiophene rings is 1. The highest BCUT2D eigenvalue weighted by molar-refractivity contribution is 7.10. The van der Waals surface area contributed by atoms with Crippen LogP contribution in [0.15, 0.2) is 16.8 Å². The lowest BCUT2D eigenvalue weighted by molar-refractivity contribution is 0.687. The van der Waals surface area contributed by atoms with E-state index in [0.29, 0.717) is 0 Å². The predicted octanol–water partition coefficient (Wildman–Crippen LogP) is 3.50. The normalized spacial score (nSPS) is 10.9. The highest BCUT2D eigenvalue weighted by Crippen LogP contribution is 2.18. The fourth-order valence-electron chi connectivity index (χ4n) is 1.40. The number of aryl methyl sites for hydroxylation is 1. The van der Waals surface area contributed by atoms with E-state index in [1.54, 1.807) is 22.7 Å². The predicted molar refractivity (Wildman–Crippen MR) is 71.6 cm³/mol. The van der Waals surface area contributed by atoms with Crippen molar-refractivity contribution in [3.63, 3.8) is 0 Å². The highest BCUT2D eigenvalue weighted by Gasteiger charge is 1.99. The molecule has 0 unspecified atom stereocenters. The van der Waals surface area contributed by atoms with Gasteiger partial charge in [-0.05, 0) is 13.0 Å². The van der Waals surface area contributed by atoms with Gasteiger partial charge in [0.1, 0.15) is 0 Å². The number of thiazole rings is 1. The average molecular weight is 273 g/mol. The van der Waals surface area contributed by atoms with Crippen molar-refractivity contribution in [2.24, 2.45) is 0 Å². The third-order valence-electron chi connectivity index (χ3n) is 2.15. The minimum Gasteiger partial charge on any atom is -0.311 e. The Morgan fingerprint density at radius 2 is 2.25 bits per heavy atom. The number of rotatable bonds is 5. The first-order chi connectivity index (χ1) is 7.74. The van der Waals surface area contributed by atoms with Crippen LogP contribution in [0.3, 0.4) is 0 Å². The van der Waals surface area contributed by atoms with Crippen LogP contribution in [-0.4, -0.2) is 11.5 Å². The van der Waals surface area contributed by atoms with E-state index in [4.69, 9.17) is 11.6 Å². The van der Waals surface area contributed by atoms with Gasteiger partial charge in [-0.15, -0.1) is 22.7 Å². The summed E-state index contributed by atoms with van der Waals surface area (Å²) in [6.45, 7) is 3.88. The highest BCUT2D eigenvalue weighted by atomic mass is 35.5. The molecule has 0 aliphatic rings. The summed E-state index contributed by atoms with van der Waals surface area (Å²) in [5, 5.41) is 9.44. The van der Waals surface area contributed by atoms with E-state index in [2.05, 4.69) is 15.7 Å². The summed E-state index contributed by atoms with van der Waals surface area (Å²) in [5.74, 6) is 0. The molecule has 0 fully saturated rings. The Labute approximate surface area is 108 Å². The number of nitrogens with one attached hydrogen (secondary N) is 1. The molecular weight excluding hydrogens is 260 g/mol. The molecule has 16 heavy (non-hydrogen) atoms. The molecule has 0 radical (unpaired) electrons. The van der Waals surface area contributed by atoms with Crippen LogP contribution in [0, 0.1) is 6.92 Å². The van der Waals surface area contributed by atoms with Crippen molar-refractivity contribution >= 4 is 34.3 Å². The fourth-order valence-corrected chi connectivity index (χ4v) is 3.09. The van der Waals surface area contributed by atoms with Crippen molar-refractivity contribution in [2.75, 3.05) is 6.54 Å². The molecular formula is C11H13ClN2S2. The van der Waals surface area contributed by atoms with E-state index in [1.807, 2.05) is 18.4 Å². The molecule has 0 saturated carbocycles. The molecule has 0 aliphatic carbocycles. The molecule has 0 spiro atoms. The second kappa shape index (κ2) is 5.77. The van der Waals surface area contributed by atoms with Crippen LogP contribution in [0.4, 0.5) is 0 Å². The van der Waals surface area contributed by atoms with E-state index in [0.717, 1.165) is 29.5 Å². The second-order valence-electron chi connectivity index (χ2n) is 3.52. The Balaban J connectivity index is 1.69. The monoisotopic (exact) mass is 272 g/mol. The van der Waals surface area contributed by atoms with Gasteiger partial charge in [0.05, 0.1) is 15.7 Å². The van der Waals surface area contributed by atoms with Gasteiger partial charge in [0.15, 0.2) is 0 Å². The van der Waals surface area contributed by atoms with Crippen LogP contribution < -0.4 is 5.32 Å². The van der Waals surface area contributed by atoms with Crippen LogP contribution >= 0.6 is 34.3 Å². The molecule has 1 N–H and O–H groups in total. The Kier molecular flexibility index (Phi) is 4.35. The van der Waals surface area contributed by atoms with Crippen LogP contribution in [0.2, 0.25) is 5.02 Å². The summed E-state index contributed by atoms with van der Waals surface area (Å²) < 4.78 is 0. The van der Waals surface area contributed by atoms with Crippen molar-refractivity contribution in [2.45, 2.75) is 19.9 Å². The van der Waals surface area contributed by atoms with E-state index in [1.165, 1.54) is 10.6 Å². The van der Waals surface area contributed by atoms with Gasteiger partial charge in [0, 0.05) is 35.1 Å². The second-order valence-corrected chi connectivity index (χ2v) is 6.01. The maximum Gasteiger partial charge on any atom is 0.0897 e. The van der Waals surface area contributed by atoms with Crippen LogP contribution in [-0.2, 0) is 13.0 Å². The lowest BCUT2D eigenvalue weighted by Gasteiger charge is -2.00. The van der Waals surface area contributed by atoms with Gasteiger partial charge in [-0.3, -0.25) is 0 Å². The Bertz CT molecular complexity index is 408. The van der Waals surface area contributed by atoms with Crippen molar-refractivity contribution in [3.05, 3.63) is 37.4 Å². The topological polar surface area (TPSA) is 24.9 Å². The van der Waals surface area contributed by atoms with Crippen molar-refractivity contribution in [1.29, 1.82) is 0 Å². The minimum atomic E-state index is 0.830. The lowest BCUT2D eigenvalue weighted by Crippen LogP contribution is -2.16. The van der Waals surface area contributed by atoms with Crippen LogP contribution in [0.5, 0.6) is 0 Å². The number of nitrogens with zero attached hydrogens (tertiary/aromatic N) is 1. The molecule has 0 aromatic carbocycles. The molecule has 2 aromatic heterocycles. The number of aromatic nitrogens is 1. The van der Waals surface area contributed by atoms with Crippen molar-refractivity contribution in [1.82, 2.24) is 10.3 Å². The standard InChI is InChI=1S/C11H13ClN2S2/c1-8-14-10(7-15-8)2-3-13-5-11-4-9(12)6-16-11/h4,6-7,13H,2-3,5H2,1H3. The molecule has 0 amide bonds. The largest absolute Gasteiger partial charge is 0.311 e. The molecule has 0 aliphatic heterocycles. The quantitative estimate of drug-likeness (QED) is 0.843. The van der Waals surface area contributed by atoms with E-state index in [-0.39, 0.29) is 0 Å². The summed E-state index contributed by atoms with van der Waals surface area (Å²) in [6, 6.07) is 2.01. The summed E-state index contributed by atoms with van der Waals surface area (Å²) in [4.78, 5) is 5.70. The third kappa shape index (κ3) is 3.56. The molecule has 0 saturated heterocycles. The van der Waals surface area contributed by atoms with Crippen LogP contribution in [0.25, 0.3) is 0 Å². The van der Waals surface area contributed by atoms with E-state index >= 15 is 0 Å². The molecule has 0 bridgehead atoms. The molecule has 0 atom stereocenters.